The second kappa shape index (κ2) is 6.93. The topological polar surface area (TPSA) is 55.8 Å². The van der Waals surface area contributed by atoms with Crippen LogP contribution in [-0.2, 0) is 17.6 Å². The molecule has 5 heteroatoms. The first-order chi connectivity index (χ1) is 10.5. The van der Waals surface area contributed by atoms with E-state index >= 15 is 0 Å². The molecule has 0 fully saturated rings. The number of hydrogen-bond acceptors (Lipinski definition) is 4. The zero-order valence-electron chi connectivity index (χ0n) is 12.4. The maximum atomic E-state index is 13.2. The van der Waals surface area contributed by atoms with Gasteiger partial charge in [-0.1, -0.05) is 6.07 Å². The van der Waals surface area contributed by atoms with Gasteiger partial charge in [0, 0.05) is 18.4 Å². The number of ether oxygens (including phenoxy) is 2. The quantitative estimate of drug-likeness (QED) is 0.891. The molecule has 4 nitrogen and oxygen atoms in total. The van der Waals surface area contributed by atoms with Crippen LogP contribution in [0, 0.1) is 5.82 Å². The summed E-state index contributed by atoms with van der Waals surface area (Å²) in [6.07, 6.45) is 0.133. The zero-order chi connectivity index (χ0) is 16.1. The average Bonchev–Trinajstić information content (AvgIpc) is 2.50. The molecule has 0 aliphatic rings. The molecule has 0 heterocycles. The van der Waals surface area contributed by atoms with Crippen LogP contribution < -0.4 is 9.47 Å². The summed E-state index contributed by atoms with van der Waals surface area (Å²) in [6, 6.07) is 8.78. The van der Waals surface area contributed by atoms with Crippen LogP contribution in [0.5, 0.6) is 17.2 Å². The van der Waals surface area contributed by atoms with Gasteiger partial charge in [-0.2, -0.15) is 0 Å². The molecule has 0 spiro atoms. The molecule has 2 rings (SSSR count). The third-order valence-electron chi connectivity index (χ3n) is 3.28. The molecule has 0 amide bonds. The van der Waals surface area contributed by atoms with E-state index in [-0.39, 0.29) is 29.9 Å². The highest BCUT2D eigenvalue weighted by Gasteiger charge is 2.12. The monoisotopic (exact) mass is 304 g/mol. The van der Waals surface area contributed by atoms with Crippen molar-refractivity contribution in [3.8, 4) is 17.2 Å². The Morgan fingerprint density at radius 1 is 1.05 bits per heavy atom. The minimum atomic E-state index is -0.480. The molecule has 2 aromatic carbocycles. The van der Waals surface area contributed by atoms with E-state index in [0.29, 0.717) is 11.5 Å². The van der Waals surface area contributed by atoms with Gasteiger partial charge in [0.25, 0.3) is 0 Å². The van der Waals surface area contributed by atoms with Crippen LogP contribution in [-0.4, -0.2) is 25.1 Å². The molecule has 0 aliphatic carbocycles. The van der Waals surface area contributed by atoms with E-state index in [1.54, 1.807) is 18.2 Å². The Labute approximate surface area is 128 Å². The SMILES string of the molecule is COc1ccc(CC(=O)Cc2cc(F)ccc2O)cc1OC. The summed E-state index contributed by atoms with van der Waals surface area (Å²) >= 11 is 0. The third-order valence-corrected chi connectivity index (χ3v) is 3.28. The summed E-state index contributed by atoms with van der Waals surface area (Å²) in [5.74, 6) is 0.435. The number of benzene rings is 2. The predicted octanol–water partition coefficient (Wildman–Crippen LogP) is 2.90. The van der Waals surface area contributed by atoms with Crippen LogP contribution in [0.15, 0.2) is 36.4 Å². The maximum Gasteiger partial charge on any atom is 0.161 e. The molecule has 0 aliphatic heterocycles. The summed E-state index contributed by atoms with van der Waals surface area (Å²) in [7, 11) is 3.06. The highest BCUT2D eigenvalue weighted by atomic mass is 19.1. The van der Waals surface area contributed by atoms with E-state index in [2.05, 4.69) is 0 Å². The van der Waals surface area contributed by atoms with Gasteiger partial charge < -0.3 is 14.6 Å². The molecular weight excluding hydrogens is 287 g/mol. The first-order valence-electron chi connectivity index (χ1n) is 6.73. The van der Waals surface area contributed by atoms with E-state index in [1.807, 2.05) is 0 Å². The largest absolute Gasteiger partial charge is 0.508 e. The Morgan fingerprint density at radius 3 is 2.45 bits per heavy atom. The number of aromatic hydroxyl groups is 1. The van der Waals surface area contributed by atoms with Gasteiger partial charge in [-0.05, 0) is 35.9 Å². The normalized spacial score (nSPS) is 10.3. The van der Waals surface area contributed by atoms with Gasteiger partial charge >= 0.3 is 0 Å². The minimum Gasteiger partial charge on any atom is -0.508 e. The van der Waals surface area contributed by atoms with Crippen molar-refractivity contribution in [1.29, 1.82) is 0 Å². The summed E-state index contributed by atoms with van der Waals surface area (Å²) < 4.78 is 23.5. The second-order valence-corrected chi connectivity index (χ2v) is 4.85. The third kappa shape index (κ3) is 3.75. The number of phenolic OH excluding ortho intramolecular Hbond substituents is 1. The number of ketones is 1. The molecular formula is C17H17FO4. The number of phenols is 1. The number of carbonyl (C=O) groups excluding carboxylic acids is 1. The first kappa shape index (κ1) is 15.8. The summed E-state index contributed by atoms with van der Waals surface area (Å²) in [5, 5.41) is 9.64. The molecule has 22 heavy (non-hydrogen) atoms. The van der Waals surface area contributed by atoms with Crippen LogP contribution in [0.4, 0.5) is 4.39 Å². The lowest BCUT2D eigenvalue weighted by molar-refractivity contribution is -0.117. The summed E-state index contributed by atoms with van der Waals surface area (Å²) in [4.78, 5) is 12.1. The average molecular weight is 304 g/mol. The maximum absolute atomic E-state index is 13.2. The van der Waals surface area contributed by atoms with Crippen LogP contribution in [0.1, 0.15) is 11.1 Å². The van der Waals surface area contributed by atoms with Gasteiger partial charge in [-0.3, -0.25) is 4.79 Å². The van der Waals surface area contributed by atoms with Gasteiger partial charge in [0.2, 0.25) is 0 Å². The van der Waals surface area contributed by atoms with E-state index in [9.17, 15) is 14.3 Å². The smallest absolute Gasteiger partial charge is 0.161 e. The van der Waals surface area contributed by atoms with Crippen molar-refractivity contribution in [2.24, 2.45) is 0 Å². The molecule has 0 atom stereocenters. The molecule has 0 saturated carbocycles. The van der Waals surface area contributed by atoms with E-state index in [1.165, 1.54) is 26.4 Å². The van der Waals surface area contributed by atoms with Gasteiger partial charge in [0.15, 0.2) is 11.5 Å². The van der Waals surface area contributed by atoms with Crippen molar-refractivity contribution >= 4 is 5.78 Å². The van der Waals surface area contributed by atoms with E-state index < -0.39 is 5.82 Å². The van der Waals surface area contributed by atoms with E-state index in [0.717, 1.165) is 11.6 Å². The van der Waals surface area contributed by atoms with Crippen LogP contribution in [0.3, 0.4) is 0 Å². The number of carbonyl (C=O) groups is 1. The van der Waals surface area contributed by atoms with Gasteiger partial charge in [-0.25, -0.2) is 4.39 Å². The minimum absolute atomic E-state index is 0.0298. The van der Waals surface area contributed by atoms with Crippen molar-refractivity contribution in [1.82, 2.24) is 0 Å². The number of hydrogen-bond donors (Lipinski definition) is 1. The Morgan fingerprint density at radius 2 is 1.77 bits per heavy atom. The fourth-order valence-electron chi connectivity index (χ4n) is 2.19. The van der Waals surface area contributed by atoms with Crippen LogP contribution in [0.25, 0.3) is 0 Å². The molecule has 0 aromatic heterocycles. The highest BCUT2D eigenvalue weighted by molar-refractivity contribution is 5.83. The van der Waals surface area contributed by atoms with Gasteiger partial charge in [0.1, 0.15) is 17.3 Å². The number of Topliss-reactive ketones (excluding diaryl/α,β-unsaturated/α-hetero) is 1. The lowest BCUT2D eigenvalue weighted by Gasteiger charge is -2.09. The highest BCUT2D eigenvalue weighted by Crippen LogP contribution is 2.28. The van der Waals surface area contributed by atoms with Crippen LogP contribution >= 0.6 is 0 Å². The van der Waals surface area contributed by atoms with E-state index in [4.69, 9.17) is 9.47 Å². The number of rotatable bonds is 6. The fraction of sp³-hybridized carbons (Fsp3) is 0.235. The van der Waals surface area contributed by atoms with Crippen LogP contribution in [0.2, 0.25) is 0 Å². The lowest BCUT2D eigenvalue weighted by Crippen LogP contribution is -2.07. The molecule has 0 unspecified atom stereocenters. The lowest BCUT2D eigenvalue weighted by atomic mass is 10.0. The summed E-state index contributed by atoms with van der Waals surface area (Å²) in [6.45, 7) is 0. The van der Waals surface area contributed by atoms with Crippen molar-refractivity contribution in [2.75, 3.05) is 14.2 Å². The molecule has 116 valence electrons. The standard InChI is InChI=1S/C17H17FO4/c1-21-16-6-3-11(8-17(16)22-2)7-14(19)10-12-9-13(18)4-5-15(12)20/h3-6,8-9,20H,7,10H2,1-2H3. The number of halogens is 1. The Kier molecular flexibility index (Phi) is 4.99. The Hall–Kier alpha value is -2.56. The Balaban J connectivity index is 2.10. The zero-order valence-corrected chi connectivity index (χ0v) is 12.4. The van der Waals surface area contributed by atoms with Gasteiger partial charge in [0.05, 0.1) is 14.2 Å². The first-order valence-corrected chi connectivity index (χ1v) is 6.73. The van der Waals surface area contributed by atoms with Crippen molar-refractivity contribution in [3.63, 3.8) is 0 Å². The summed E-state index contributed by atoms with van der Waals surface area (Å²) in [5.41, 5.74) is 1.05. The number of methoxy groups -OCH3 is 2. The van der Waals surface area contributed by atoms with Crippen molar-refractivity contribution in [3.05, 3.63) is 53.3 Å². The second-order valence-electron chi connectivity index (χ2n) is 4.85. The predicted molar refractivity (Wildman–Crippen MR) is 80.0 cm³/mol. The molecule has 0 saturated heterocycles. The molecule has 0 radical (unpaired) electrons. The Bertz CT molecular complexity index is 682. The van der Waals surface area contributed by atoms with Crippen molar-refractivity contribution in [2.45, 2.75) is 12.8 Å². The molecule has 2 aromatic rings. The molecule has 0 bridgehead atoms. The van der Waals surface area contributed by atoms with Gasteiger partial charge in [-0.15, -0.1) is 0 Å². The molecule has 1 N–H and O–H groups in total. The van der Waals surface area contributed by atoms with Crippen molar-refractivity contribution < 1.29 is 23.8 Å². The fourth-order valence-corrected chi connectivity index (χ4v) is 2.19.